The monoisotopic (exact) mass is 571 g/mol. The molecule has 0 spiro atoms. The Morgan fingerprint density at radius 3 is 2.46 bits per heavy atom. The average molecular weight is 573 g/mol. The van der Waals surface area contributed by atoms with Crippen molar-refractivity contribution >= 4 is 56.5 Å². The van der Waals surface area contributed by atoms with E-state index in [-0.39, 0.29) is 17.7 Å². The molecule has 2 amide bonds. The molecule has 1 fully saturated rings. The summed E-state index contributed by atoms with van der Waals surface area (Å²) in [7, 11) is 0. The number of halogens is 2. The molecule has 0 bridgehead atoms. The van der Waals surface area contributed by atoms with E-state index in [1.54, 1.807) is 18.2 Å². The van der Waals surface area contributed by atoms with Crippen molar-refractivity contribution in [3.8, 4) is 11.5 Å². The Kier molecular flexibility index (Phi) is 8.21. The average Bonchev–Trinajstić information content (AvgIpc) is 3.08. The van der Waals surface area contributed by atoms with Crippen LogP contribution in [-0.2, 0) is 17.9 Å². The lowest BCUT2D eigenvalue weighted by Crippen LogP contribution is -2.27. The molecule has 4 rings (SSSR count). The number of hydrogen-bond donors (Lipinski definition) is 0. The van der Waals surface area contributed by atoms with Crippen LogP contribution >= 0.6 is 39.3 Å². The van der Waals surface area contributed by atoms with Crippen molar-refractivity contribution in [1.82, 2.24) is 4.90 Å². The molecule has 0 aromatic heterocycles. The predicted molar refractivity (Wildman–Crippen MR) is 144 cm³/mol. The molecule has 1 saturated heterocycles. The molecule has 0 radical (unpaired) electrons. The molecular weight excluding hydrogens is 550 g/mol. The Balaban J connectivity index is 1.57. The van der Waals surface area contributed by atoms with E-state index in [4.69, 9.17) is 21.1 Å². The van der Waals surface area contributed by atoms with Gasteiger partial charge in [0, 0.05) is 4.47 Å². The molecule has 0 aliphatic carbocycles. The third kappa shape index (κ3) is 5.92. The zero-order chi connectivity index (χ0) is 24.9. The maximum absolute atomic E-state index is 13.0. The van der Waals surface area contributed by atoms with Gasteiger partial charge in [-0.2, -0.15) is 0 Å². The van der Waals surface area contributed by atoms with Gasteiger partial charge in [-0.3, -0.25) is 14.5 Å². The van der Waals surface area contributed by atoms with Gasteiger partial charge in [-0.15, -0.1) is 0 Å². The first-order valence-electron chi connectivity index (χ1n) is 11.0. The van der Waals surface area contributed by atoms with Crippen LogP contribution in [0.1, 0.15) is 29.2 Å². The number of carbonyl (C=O) groups is 2. The minimum atomic E-state index is -0.343. The minimum absolute atomic E-state index is 0.195. The fourth-order valence-electron chi connectivity index (χ4n) is 3.58. The highest BCUT2D eigenvalue weighted by molar-refractivity contribution is 9.10. The summed E-state index contributed by atoms with van der Waals surface area (Å²) in [4.78, 5) is 27.1. The predicted octanol–water partition coefficient (Wildman–Crippen LogP) is 7.63. The second-order valence-corrected chi connectivity index (χ2v) is 10.1. The maximum Gasteiger partial charge on any atom is 0.293 e. The molecule has 0 N–H and O–H groups in total. The molecular formula is C27H23BrClNO4S. The van der Waals surface area contributed by atoms with E-state index in [0.717, 1.165) is 32.9 Å². The van der Waals surface area contributed by atoms with Gasteiger partial charge in [-0.1, -0.05) is 70.0 Å². The number of rotatable bonds is 8. The Labute approximate surface area is 222 Å². The molecule has 0 saturated carbocycles. The van der Waals surface area contributed by atoms with Crippen molar-refractivity contribution in [3.63, 3.8) is 0 Å². The molecule has 3 aromatic carbocycles. The quantitative estimate of drug-likeness (QED) is 0.260. The topological polar surface area (TPSA) is 55.8 Å². The Hall–Kier alpha value is -2.74. The summed E-state index contributed by atoms with van der Waals surface area (Å²) < 4.78 is 12.7. The summed E-state index contributed by atoms with van der Waals surface area (Å²) in [5.41, 5.74) is 3.67. The molecule has 1 aliphatic heterocycles. The lowest BCUT2D eigenvalue weighted by molar-refractivity contribution is -0.123. The number of ether oxygens (including phenoxy) is 2. The number of nitrogens with zero attached hydrogens (tertiary/aromatic N) is 1. The molecule has 3 aromatic rings. The van der Waals surface area contributed by atoms with Gasteiger partial charge < -0.3 is 9.47 Å². The number of thioether (sulfide) groups is 1. The second-order valence-electron chi connectivity index (χ2n) is 7.84. The number of amides is 2. The van der Waals surface area contributed by atoms with Gasteiger partial charge in [0.1, 0.15) is 6.61 Å². The van der Waals surface area contributed by atoms with Gasteiger partial charge in [0.05, 0.1) is 23.1 Å². The van der Waals surface area contributed by atoms with Crippen LogP contribution in [0.25, 0.3) is 6.08 Å². The zero-order valence-corrected chi connectivity index (χ0v) is 22.4. The fraction of sp³-hybridized carbons (Fsp3) is 0.185. The van der Waals surface area contributed by atoms with Crippen molar-refractivity contribution in [3.05, 3.63) is 97.3 Å². The highest BCUT2D eigenvalue weighted by atomic mass is 79.9. The lowest BCUT2D eigenvalue weighted by Gasteiger charge is -2.15. The standard InChI is InChI=1S/C27H23BrClNO4S/c1-3-33-23-13-18(12-22(29)25(23)34-16-20-10-5-4-8-17(20)2)14-24-26(31)30(27(32)35-24)15-19-9-6-7-11-21(19)28/h4-14H,3,15-16H2,1-2H3/b24-14-. The van der Waals surface area contributed by atoms with E-state index < -0.39 is 0 Å². The van der Waals surface area contributed by atoms with Crippen LogP contribution in [0.5, 0.6) is 11.5 Å². The van der Waals surface area contributed by atoms with Crippen molar-refractivity contribution in [2.24, 2.45) is 0 Å². The molecule has 0 atom stereocenters. The van der Waals surface area contributed by atoms with Crippen LogP contribution in [-0.4, -0.2) is 22.7 Å². The van der Waals surface area contributed by atoms with Gasteiger partial charge in [-0.05, 0) is 72.1 Å². The van der Waals surface area contributed by atoms with E-state index in [2.05, 4.69) is 15.9 Å². The van der Waals surface area contributed by atoms with Crippen molar-refractivity contribution in [1.29, 1.82) is 0 Å². The number of benzene rings is 3. The Bertz CT molecular complexity index is 1310. The summed E-state index contributed by atoms with van der Waals surface area (Å²) >= 11 is 10.9. The molecule has 8 heteroatoms. The highest BCUT2D eigenvalue weighted by Crippen LogP contribution is 2.40. The molecule has 1 heterocycles. The van der Waals surface area contributed by atoms with Gasteiger partial charge in [0.2, 0.25) is 0 Å². The van der Waals surface area contributed by atoms with Gasteiger partial charge >= 0.3 is 0 Å². The van der Waals surface area contributed by atoms with Crippen LogP contribution in [0.4, 0.5) is 4.79 Å². The minimum Gasteiger partial charge on any atom is -0.490 e. The zero-order valence-electron chi connectivity index (χ0n) is 19.2. The van der Waals surface area contributed by atoms with Crippen LogP contribution in [0.15, 0.2) is 70.0 Å². The summed E-state index contributed by atoms with van der Waals surface area (Å²) in [5.74, 6) is 0.577. The maximum atomic E-state index is 13.0. The van der Waals surface area contributed by atoms with Crippen LogP contribution < -0.4 is 9.47 Å². The number of carbonyl (C=O) groups excluding carboxylic acids is 2. The fourth-order valence-corrected chi connectivity index (χ4v) is 5.10. The van der Waals surface area contributed by atoms with E-state index in [9.17, 15) is 9.59 Å². The van der Waals surface area contributed by atoms with Gasteiger partial charge in [-0.25, -0.2) is 0 Å². The second kappa shape index (κ2) is 11.3. The number of aryl methyl sites for hydroxylation is 1. The summed E-state index contributed by atoms with van der Waals surface area (Å²) in [6, 6.07) is 19.0. The normalized spacial score (nSPS) is 14.6. The van der Waals surface area contributed by atoms with Crippen LogP contribution in [0.3, 0.4) is 0 Å². The van der Waals surface area contributed by atoms with Crippen molar-refractivity contribution in [2.45, 2.75) is 27.0 Å². The highest BCUT2D eigenvalue weighted by Gasteiger charge is 2.35. The van der Waals surface area contributed by atoms with E-state index >= 15 is 0 Å². The largest absolute Gasteiger partial charge is 0.490 e. The first-order valence-corrected chi connectivity index (χ1v) is 13.0. The Morgan fingerprint density at radius 2 is 1.74 bits per heavy atom. The van der Waals surface area contributed by atoms with E-state index in [1.165, 1.54) is 4.90 Å². The number of imide groups is 1. The summed E-state index contributed by atoms with van der Waals surface area (Å²) in [6.07, 6.45) is 1.66. The molecule has 1 aliphatic rings. The van der Waals surface area contributed by atoms with E-state index in [1.807, 2.05) is 62.4 Å². The van der Waals surface area contributed by atoms with Crippen molar-refractivity contribution < 1.29 is 19.1 Å². The SMILES string of the molecule is CCOc1cc(/C=C2\SC(=O)N(Cc3ccccc3Br)C2=O)cc(Cl)c1OCc1ccccc1C. The van der Waals surface area contributed by atoms with Gasteiger partial charge in [0.15, 0.2) is 11.5 Å². The van der Waals surface area contributed by atoms with Crippen LogP contribution in [0.2, 0.25) is 5.02 Å². The molecule has 35 heavy (non-hydrogen) atoms. The first kappa shape index (κ1) is 25.4. The van der Waals surface area contributed by atoms with Gasteiger partial charge in [0.25, 0.3) is 11.1 Å². The molecule has 180 valence electrons. The summed E-state index contributed by atoms with van der Waals surface area (Å²) in [6.45, 7) is 4.86. The Morgan fingerprint density at radius 1 is 1.03 bits per heavy atom. The molecule has 0 unspecified atom stereocenters. The van der Waals surface area contributed by atoms with Crippen molar-refractivity contribution in [2.75, 3.05) is 6.61 Å². The van der Waals surface area contributed by atoms with Crippen LogP contribution in [0, 0.1) is 6.92 Å². The summed E-state index contributed by atoms with van der Waals surface area (Å²) in [5, 5.41) is 0.0505. The number of hydrogen-bond acceptors (Lipinski definition) is 5. The van der Waals surface area contributed by atoms with E-state index in [0.29, 0.717) is 40.2 Å². The smallest absolute Gasteiger partial charge is 0.293 e. The first-order chi connectivity index (χ1) is 16.9. The third-order valence-electron chi connectivity index (χ3n) is 5.42. The molecule has 5 nitrogen and oxygen atoms in total. The lowest BCUT2D eigenvalue weighted by atomic mass is 10.1. The third-order valence-corrected chi connectivity index (χ3v) is 7.38.